The maximum absolute atomic E-state index is 5.41. The lowest BCUT2D eigenvalue weighted by Gasteiger charge is -2.26. The van der Waals surface area contributed by atoms with Gasteiger partial charge in [0.25, 0.3) is 0 Å². The molecular formula is C13H20BrNO2. The Hall–Kier alpha value is -0.320. The van der Waals surface area contributed by atoms with E-state index in [4.69, 9.17) is 9.15 Å². The molecule has 17 heavy (non-hydrogen) atoms. The predicted molar refractivity (Wildman–Crippen MR) is 71.0 cm³/mol. The number of ether oxygens (including phenoxy) is 1. The van der Waals surface area contributed by atoms with Crippen LogP contribution in [0, 0.1) is 5.92 Å². The molecule has 0 aromatic carbocycles. The van der Waals surface area contributed by atoms with Crippen molar-refractivity contribution in [2.24, 2.45) is 5.92 Å². The molecule has 0 aliphatic carbocycles. The first kappa shape index (κ1) is 13.1. The van der Waals surface area contributed by atoms with Crippen LogP contribution in [-0.4, -0.2) is 19.8 Å². The zero-order valence-electron chi connectivity index (χ0n) is 10.2. The summed E-state index contributed by atoms with van der Waals surface area (Å²) in [6, 6.07) is 2.44. The first-order valence-electron chi connectivity index (χ1n) is 6.35. The minimum Gasteiger partial charge on any atom is -0.457 e. The molecule has 0 radical (unpaired) electrons. The maximum atomic E-state index is 5.41. The third kappa shape index (κ3) is 3.57. The van der Waals surface area contributed by atoms with E-state index in [1.165, 1.54) is 18.4 Å². The van der Waals surface area contributed by atoms with Gasteiger partial charge in [-0.1, -0.05) is 6.92 Å². The highest BCUT2D eigenvalue weighted by Crippen LogP contribution is 2.32. The van der Waals surface area contributed by atoms with Gasteiger partial charge in [-0.15, -0.1) is 0 Å². The smallest absolute Gasteiger partial charge is 0.173 e. The molecule has 1 aliphatic heterocycles. The van der Waals surface area contributed by atoms with Gasteiger partial charge in [0.1, 0.15) is 0 Å². The van der Waals surface area contributed by atoms with Gasteiger partial charge in [-0.2, -0.15) is 0 Å². The van der Waals surface area contributed by atoms with E-state index in [2.05, 4.69) is 34.2 Å². The second-order valence-corrected chi connectivity index (χ2v) is 5.27. The van der Waals surface area contributed by atoms with Gasteiger partial charge in [0, 0.05) is 24.8 Å². The van der Waals surface area contributed by atoms with Crippen LogP contribution in [0.1, 0.15) is 37.8 Å². The van der Waals surface area contributed by atoms with Crippen molar-refractivity contribution in [3.05, 3.63) is 22.6 Å². The van der Waals surface area contributed by atoms with Crippen molar-refractivity contribution < 1.29 is 9.15 Å². The Balaban J connectivity index is 1.99. The van der Waals surface area contributed by atoms with Crippen LogP contribution in [0.2, 0.25) is 0 Å². The Morgan fingerprint density at radius 2 is 2.24 bits per heavy atom. The van der Waals surface area contributed by atoms with Crippen molar-refractivity contribution in [3.8, 4) is 0 Å². The van der Waals surface area contributed by atoms with Crippen molar-refractivity contribution >= 4 is 15.9 Å². The SMILES string of the molecule is CCNC(CC1CCOCC1)c1ccoc1Br. The normalized spacial score (nSPS) is 19.4. The van der Waals surface area contributed by atoms with E-state index in [-0.39, 0.29) is 0 Å². The summed E-state index contributed by atoms with van der Waals surface area (Å²) < 4.78 is 11.6. The summed E-state index contributed by atoms with van der Waals surface area (Å²) in [7, 11) is 0. The molecular weight excluding hydrogens is 282 g/mol. The molecule has 96 valence electrons. The Bertz CT molecular complexity index is 334. The number of furan rings is 1. The Morgan fingerprint density at radius 3 is 2.82 bits per heavy atom. The zero-order chi connectivity index (χ0) is 12.1. The summed E-state index contributed by atoms with van der Waals surface area (Å²) in [6.45, 7) is 4.95. The number of hydrogen-bond donors (Lipinski definition) is 1. The van der Waals surface area contributed by atoms with Gasteiger partial charge in [-0.3, -0.25) is 0 Å². The van der Waals surface area contributed by atoms with Crippen molar-refractivity contribution in [1.29, 1.82) is 0 Å². The summed E-state index contributed by atoms with van der Waals surface area (Å²) in [6.07, 6.45) is 5.26. The molecule has 1 saturated heterocycles. The third-order valence-corrected chi connectivity index (χ3v) is 4.03. The standard InChI is InChI=1S/C13H20BrNO2/c1-2-15-12(11-5-8-17-13(11)14)9-10-3-6-16-7-4-10/h5,8,10,12,15H,2-4,6-7,9H2,1H3. The van der Waals surface area contributed by atoms with Crippen molar-refractivity contribution in [2.75, 3.05) is 19.8 Å². The lowest BCUT2D eigenvalue weighted by molar-refractivity contribution is 0.0605. The molecule has 1 aromatic heterocycles. The summed E-state index contributed by atoms with van der Waals surface area (Å²) in [5, 5.41) is 3.54. The molecule has 1 fully saturated rings. The zero-order valence-corrected chi connectivity index (χ0v) is 11.8. The lowest BCUT2D eigenvalue weighted by Crippen LogP contribution is -2.26. The van der Waals surface area contributed by atoms with Crippen LogP contribution < -0.4 is 5.32 Å². The van der Waals surface area contributed by atoms with E-state index in [0.717, 1.165) is 36.8 Å². The average Bonchev–Trinajstić information content (AvgIpc) is 2.76. The lowest BCUT2D eigenvalue weighted by atomic mass is 9.90. The molecule has 1 N–H and O–H groups in total. The highest BCUT2D eigenvalue weighted by Gasteiger charge is 2.22. The summed E-state index contributed by atoms with van der Waals surface area (Å²) in [5.74, 6) is 0.759. The highest BCUT2D eigenvalue weighted by molar-refractivity contribution is 9.10. The number of hydrogen-bond acceptors (Lipinski definition) is 3. The summed E-state index contributed by atoms with van der Waals surface area (Å²) in [4.78, 5) is 0. The largest absolute Gasteiger partial charge is 0.457 e. The first-order chi connectivity index (χ1) is 8.31. The third-order valence-electron chi connectivity index (χ3n) is 3.38. The van der Waals surface area contributed by atoms with E-state index < -0.39 is 0 Å². The van der Waals surface area contributed by atoms with Crippen LogP contribution in [0.15, 0.2) is 21.4 Å². The van der Waals surface area contributed by atoms with Crippen molar-refractivity contribution in [3.63, 3.8) is 0 Å². The molecule has 2 heterocycles. The van der Waals surface area contributed by atoms with Gasteiger partial charge >= 0.3 is 0 Å². The van der Waals surface area contributed by atoms with E-state index >= 15 is 0 Å². The van der Waals surface area contributed by atoms with Gasteiger partial charge in [0.05, 0.1) is 6.26 Å². The van der Waals surface area contributed by atoms with Crippen molar-refractivity contribution in [1.82, 2.24) is 5.32 Å². The molecule has 0 amide bonds. The van der Waals surface area contributed by atoms with Crippen LogP contribution >= 0.6 is 15.9 Å². The molecule has 1 aliphatic rings. The van der Waals surface area contributed by atoms with Crippen LogP contribution in [0.25, 0.3) is 0 Å². The minimum atomic E-state index is 0.385. The van der Waals surface area contributed by atoms with Crippen LogP contribution in [0.5, 0.6) is 0 Å². The topological polar surface area (TPSA) is 34.4 Å². The molecule has 0 saturated carbocycles. The van der Waals surface area contributed by atoms with Gasteiger partial charge in [0.2, 0.25) is 0 Å². The van der Waals surface area contributed by atoms with Gasteiger partial charge < -0.3 is 14.5 Å². The Labute approximate surface area is 111 Å². The van der Waals surface area contributed by atoms with E-state index in [0.29, 0.717) is 6.04 Å². The highest BCUT2D eigenvalue weighted by atomic mass is 79.9. The van der Waals surface area contributed by atoms with Crippen LogP contribution in [-0.2, 0) is 4.74 Å². The summed E-state index contributed by atoms with van der Waals surface area (Å²) in [5.41, 5.74) is 1.23. The van der Waals surface area contributed by atoms with E-state index in [1.807, 2.05) is 0 Å². The molecule has 1 aromatic rings. The minimum absolute atomic E-state index is 0.385. The maximum Gasteiger partial charge on any atom is 0.173 e. The molecule has 1 atom stereocenters. The number of nitrogens with one attached hydrogen (secondary N) is 1. The molecule has 3 nitrogen and oxygen atoms in total. The van der Waals surface area contributed by atoms with Gasteiger partial charge in [-0.25, -0.2) is 0 Å². The molecule has 0 bridgehead atoms. The number of halogens is 1. The van der Waals surface area contributed by atoms with E-state index in [1.54, 1.807) is 6.26 Å². The van der Waals surface area contributed by atoms with Gasteiger partial charge in [0.15, 0.2) is 4.67 Å². The Morgan fingerprint density at radius 1 is 1.47 bits per heavy atom. The summed E-state index contributed by atoms with van der Waals surface area (Å²) >= 11 is 3.47. The Kier molecular flexibility index (Phi) is 5.07. The van der Waals surface area contributed by atoms with Crippen molar-refractivity contribution in [2.45, 2.75) is 32.2 Å². The van der Waals surface area contributed by atoms with Gasteiger partial charge in [-0.05, 0) is 53.7 Å². The molecule has 0 spiro atoms. The van der Waals surface area contributed by atoms with Crippen LogP contribution in [0.4, 0.5) is 0 Å². The quantitative estimate of drug-likeness (QED) is 0.904. The van der Waals surface area contributed by atoms with Crippen LogP contribution in [0.3, 0.4) is 0 Å². The monoisotopic (exact) mass is 301 g/mol. The number of rotatable bonds is 5. The average molecular weight is 302 g/mol. The predicted octanol–water partition coefficient (Wildman–Crippen LogP) is 3.51. The van der Waals surface area contributed by atoms with E-state index in [9.17, 15) is 0 Å². The fraction of sp³-hybridized carbons (Fsp3) is 0.692. The second kappa shape index (κ2) is 6.57. The second-order valence-electron chi connectivity index (χ2n) is 4.55. The fourth-order valence-electron chi connectivity index (χ4n) is 2.44. The molecule has 2 rings (SSSR count). The molecule has 4 heteroatoms. The fourth-order valence-corrected chi connectivity index (χ4v) is 2.95. The molecule has 1 unspecified atom stereocenters. The first-order valence-corrected chi connectivity index (χ1v) is 7.14.